The Labute approximate surface area is 158 Å². The van der Waals surface area contributed by atoms with Crippen molar-refractivity contribution in [3.63, 3.8) is 0 Å². The normalized spacial score (nSPS) is 21.6. The number of amides is 2. The number of esters is 1. The number of ether oxygens (including phenoxy) is 1. The van der Waals surface area contributed by atoms with Crippen LogP contribution in [0, 0.1) is 11.8 Å². The molecule has 3 rings (SSSR count). The zero-order valence-corrected chi connectivity index (χ0v) is 16.5. The van der Waals surface area contributed by atoms with Gasteiger partial charge in [-0.05, 0) is 0 Å². The van der Waals surface area contributed by atoms with E-state index in [0.29, 0.717) is 30.2 Å². The first-order valence-electron chi connectivity index (χ1n) is 8.91. The van der Waals surface area contributed by atoms with Gasteiger partial charge in [0.1, 0.15) is 0 Å². The predicted octanol–water partition coefficient (Wildman–Crippen LogP) is 0.818. The molecule has 0 spiro atoms. The smallest absolute Gasteiger partial charge is 0.306 e. The number of rotatable bonds is 4. The van der Waals surface area contributed by atoms with Crippen LogP contribution >= 0.6 is 0 Å². The molecule has 2 unspecified atom stereocenters. The molecule has 0 aliphatic carbocycles. The van der Waals surface area contributed by atoms with Crippen LogP contribution in [0.4, 0.5) is 0 Å². The lowest BCUT2D eigenvalue weighted by Crippen LogP contribution is -2.40. The molecule has 0 saturated carbocycles. The van der Waals surface area contributed by atoms with Gasteiger partial charge in [0.05, 0.1) is 52.6 Å². The van der Waals surface area contributed by atoms with Gasteiger partial charge in [-0.15, -0.1) is 0 Å². The van der Waals surface area contributed by atoms with E-state index >= 15 is 0 Å². The monoisotopic (exact) mass is 396 g/mol. The first-order chi connectivity index (χ1) is 12.7. The Kier molecular flexibility index (Phi) is 5.36. The molecule has 0 radical (unpaired) electrons. The minimum Gasteiger partial charge on any atom is -0.465 e. The summed E-state index contributed by atoms with van der Waals surface area (Å²) in [4.78, 5) is 37.8. The maximum atomic E-state index is 13.1. The van der Waals surface area contributed by atoms with E-state index in [4.69, 9.17) is 4.74 Å². The third-order valence-electron chi connectivity index (χ3n) is 4.72. The Hall–Kier alpha value is -2.23. The molecule has 1 saturated heterocycles. The Morgan fingerprint density at radius 3 is 2.78 bits per heavy atom. The number of carbonyl (C=O) groups is 3. The van der Waals surface area contributed by atoms with Crippen molar-refractivity contribution in [2.45, 2.75) is 44.7 Å². The van der Waals surface area contributed by atoms with Gasteiger partial charge in [0, 0.05) is 31.1 Å². The van der Waals surface area contributed by atoms with E-state index in [2.05, 4.69) is 9.46 Å². The maximum absolute atomic E-state index is 13.1. The molecule has 0 aromatic carbocycles. The number of hydrogen-bond donors (Lipinski definition) is 0. The van der Waals surface area contributed by atoms with Crippen molar-refractivity contribution in [1.29, 1.82) is 0 Å². The molecule has 0 N–H and O–H groups in total. The third kappa shape index (κ3) is 4.20. The first-order valence-corrected chi connectivity index (χ1v) is 10.8. The first kappa shape index (κ1) is 19.5. The van der Waals surface area contributed by atoms with Crippen LogP contribution < -0.4 is 0 Å². The maximum Gasteiger partial charge on any atom is 0.306 e. The average Bonchev–Trinajstić information content (AvgIpc) is 3.19. The molecular formula is C17H24N4O5S. The molecule has 1 aromatic rings. The largest absolute Gasteiger partial charge is 0.465 e. The van der Waals surface area contributed by atoms with Crippen LogP contribution in [0.25, 0.3) is 0 Å². The lowest BCUT2D eigenvalue weighted by molar-refractivity contribution is -0.138. The van der Waals surface area contributed by atoms with Crippen LogP contribution in [0.5, 0.6) is 0 Å². The summed E-state index contributed by atoms with van der Waals surface area (Å²) >= 11 is 0. The summed E-state index contributed by atoms with van der Waals surface area (Å²) in [6.45, 7) is 5.22. The fraction of sp³-hybridized carbons (Fsp3) is 0.647. The summed E-state index contributed by atoms with van der Waals surface area (Å²) in [5, 5.41) is 4.25. The number of carbonyl (C=O) groups excluding carboxylic acids is 3. The van der Waals surface area contributed by atoms with E-state index in [1.165, 1.54) is 12.5 Å². The van der Waals surface area contributed by atoms with E-state index in [0.717, 1.165) is 0 Å². The molecule has 27 heavy (non-hydrogen) atoms. The topological polar surface area (TPSA) is 111 Å². The SMILES string of the molecule is CC(C)C(=O)N1CCn2ncc(S(C)(=O)=NC(=O)CC3COC(=O)C3)c2C1. The number of hydrogen-bond acceptors (Lipinski definition) is 6. The fourth-order valence-electron chi connectivity index (χ4n) is 3.31. The lowest BCUT2D eigenvalue weighted by atomic mass is 10.1. The highest BCUT2D eigenvalue weighted by Crippen LogP contribution is 2.24. The van der Waals surface area contributed by atoms with Gasteiger partial charge in [-0.1, -0.05) is 13.8 Å². The number of fused-ring (bicyclic) bond motifs is 1. The standard InChI is InChI=1S/C17H24N4O5S/c1-11(2)17(24)20-4-5-21-13(9-20)14(8-18-21)27(3,25)19-15(22)6-12-7-16(23)26-10-12/h8,11-12H,4-7,9-10H2,1-3H3. The van der Waals surface area contributed by atoms with Gasteiger partial charge in [-0.2, -0.15) is 9.46 Å². The number of cyclic esters (lactones) is 1. The predicted molar refractivity (Wildman–Crippen MR) is 95.9 cm³/mol. The second-order valence-corrected chi connectivity index (χ2v) is 9.57. The molecular weight excluding hydrogens is 372 g/mol. The van der Waals surface area contributed by atoms with Crippen LogP contribution in [0.2, 0.25) is 0 Å². The summed E-state index contributed by atoms with van der Waals surface area (Å²) in [6.07, 6.45) is 3.09. The Morgan fingerprint density at radius 2 is 2.15 bits per heavy atom. The molecule has 148 valence electrons. The summed E-state index contributed by atoms with van der Waals surface area (Å²) in [7, 11) is -3.00. The van der Waals surface area contributed by atoms with Gasteiger partial charge < -0.3 is 9.64 Å². The van der Waals surface area contributed by atoms with Crippen LogP contribution in [-0.4, -0.2) is 56.1 Å². The highest BCUT2D eigenvalue weighted by molar-refractivity contribution is 7.93. The number of aromatic nitrogens is 2. The van der Waals surface area contributed by atoms with Crippen molar-refractivity contribution in [2.75, 3.05) is 19.4 Å². The quantitative estimate of drug-likeness (QED) is 0.697. The Balaban J connectivity index is 1.81. The van der Waals surface area contributed by atoms with Crippen molar-refractivity contribution in [3.8, 4) is 0 Å². The van der Waals surface area contributed by atoms with Gasteiger partial charge in [0.25, 0.3) is 5.91 Å². The summed E-state index contributed by atoms with van der Waals surface area (Å²) in [5.41, 5.74) is 0.652. The van der Waals surface area contributed by atoms with E-state index in [-0.39, 0.29) is 43.2 Å². The summed E-state index contributed by atoms with van der Waals surface area (Å²) in [6, 6.07) is 0. The van der Waals surface area contributed by atoms with Gasteiger partial charge in [0.2, 0.25) is 5.91 Å². The molecule has 1 aromatic heterocycles. The van der Waals surface area contributed by atoms with Gasteiger partial charge >= 0.3 is 5.97 Å². The highest BCUT2D eigenvalue weighted by Gasteiger charge is 2.29. The van der Waals surface area contributed by atoms with Crippen LogP contribution in [0.3, 0.4) is 0 Å². The second kappa shape index (κ2) is 7.41. The molecule has 2 atom stereocenters. The molecule has 2 amide bonds. The molecule has 1 fully saturated rings. The summed E-state index contributed by atoms with van der Waals surface area (Å²) in [5.74, 6) is -1.17. The second-order valence-electron chi connectivity index (χ2n) is 7.34. The molecule has 10 heteroatoms. The Bertz CT molecular complexity index is 897. The van der Waals surface area contributed by atoms with Crippen molar-refractivity contribution < 1.29 is 23.3 Å². The van der Waals surface area contributed by atoms with E-state index in [1.807, 2.05) is 13.8 Å². The van der Waals surface area contributed by atoms with Gasteiger partial charge in [-0.25, -0.2) is 4.21 Å². The van der Waals surface area contributed by atoms with Crippen molar-refractivity contribution in [1.82, 2.24) is 14.7 Å². The molecule has 2 aliphatic rings. The third-order valence-corrected chi connectivity index (χ3v) is 6.43. The minimum absolute atomic E-state index is 0.0231. The van der Waals surface area contributed by atoms with Crippen LogP contribution in [0.1, 0.15) is 32.4 Å². The highest BCUT2D eigenvalue weighted by atomic mass is 32.2. The molecule has 3 heterocycles. The molecule has 2 aliphatic heterocycles. The zero-order valence-electron chi connectivity index (χ0n) is 15.7. The van der Waals surface area contributed by atoms with E-state index < -0.39 is 15.6 Å². The Morgan fingerprint density at radius 1 is 1.41 bits per heavy atom. The summed E-state index contributed by atoms with van der Waals surface area (Å²) < 4.78 is 23.6. The number of nitrogens with zero attached hydrogens (tertiary/aromatic N) is 4. The average molecular weight is 396 g/mol. The van der Waals surface area contributed by atoms with Gasteiger partial charge in [-0.3, -0.25) is 19.1 Å². The lowest BCUT2D eigenvalue weighted by Gasteiger charge is -2.29. The molecule has 0 bridgehead atoms. The van der Waals surface area contributed by atoms with Crippen molar-refractivity contribution in [2.24, 2.45) is 16.2 Å². The van der Waals surface area contributed by atoms with Crippen molar-refractivity contribution >= 4 is 27.5 Å². The van der Waals surface area contributed by atoms with Crippen LogP contribution in [-0.2, 0) is 41.9 Å². The van der Waals surface area contributed by atoms with Gasteiger partial charge in [0.15, 0.2) is 0 Å². The zero-order chi connectivity index (χ0) is 19.8. The van der Waals surface area contributed by atoms with E-state index in [1.54, 1.807) is 9.58 Å². The molecule has 9 nitrogen and oxygen atoms in total. The van der Waals surface area contributed by atoms with Crippen LogP contribution in [0.15, 0.2) is 15.5 Å². The fourth-order valence-corrected chi connectivity index (χ4v) is 4.73. The van der Waals surface area contributed by atoms with E-state index in [9.17, 15) is 18.6 Å². The van der Waals surface area contributed by atoms with Crippen molar-refractivity contribution in [3.05, 3.63) is 11.9 Å². The minimum atomic E-state index is -3.00.